The maximum Gasteiger partial charge on any atom is 0.276 e. The zero-order valence-corrected chi connectivity index (χ0v) is 14.1. The lowest BCUT2D eigenvalue weighted by Crippen LogP contribution is -2.27. The van der Waals surface area contributed by atoms with Crippen molar-refractivity contribution in [3.63, 3.8) is 0 Å². The molecule has 2 aromatic heterocycles. The second kappa shape index (κ2) is 6.00. The summed E-state index contributed by atoms with van der Waals surface area (Å²) in [7, 11) is 0. The van der Waals surface area contributed by atoms with Crippen LogP contribution in [0.25, 0.3) is 22.7 Å². The van der Waals surface area contributed by atoms with Crippen LogP contribution in [0.5, 0.6) is 0 Å². The Bertz CT molecular complexity index is 854. The number of nitrogens with one attached hydrogen (secondary N) is 1. The summed E-state index contributed by atoms with van der Waals surface area (Å²) in [6, 6.07) is 8.84. The lowest BCUT2D eigenvalue weighted by atomic mass is 10.1. The number of nitrogens with zero attached hydrogens (tertiary/aromatic N) is 2. The van der Waals surface area contributed by atoms with Gasteiger partial charge in [-0.05, 0) is 42.8 Å². The van der Waals surface area contributed by atoms with E-state index in [0.717, 1.165) is 11.1 Å². The smallest absolute Gasteiger partial charge is 0.276 e. The first kappa shape index (κ1) is 16.1. The highest BCUT2D eigenvalue weighted by atomic mass is 35.6. The molecule has 118 valence electrons. The highest BCUT2D eigenvalue weighted by molar-refractivity contribution is 6.76. The molecule has 0 aliphatic rings. The van der Waals surface area contributed by atoms with E-state index in [9.17, 15) is 4.79 Å². The zero-order valence-electron chi connectivity index (χ0n) is 11.8. The van der Waals surface area contributed by atoms with Gasteiger partial charge in [-0.1, -0.05) is 34.8 Å². The number of oxazole rings is 1. The number of hydrogen-bond donors (Lipinski definition) is 1. The van der Waals surface area contributed by atoms with E-state index in [-0.39, 0.29) is 0 Å². The van der Waals surface area contributed by atoms with Crippen LogP contribution in [-0.4, -0.2) is 19.7 Å². The van der Waals surface area contributed by atoms with Gasteiger partial charge in [0.1, 0.15) is 0 Å². The number of amides is 1. The quantitative estimate of drug-likeness (QED) is 0.674. The molecular weight excluding hydrogens is 361 g/mol. The Labute approximate surface area is 146 Å². The highest BCUT2D eigenvalue weighted by Crippen LogP contribution is 2.30. The number of rotatable bonds is 2. The summed E-state index contributed by atoms with van der Waals surface area (Å²) in [5.41, 5.74) is 3.22. The third-order valence-corrected chi connectivity index (χ3v) is 3.66. The number of carbonyl (C=O) groups is 1. The van der Waals surface area contributed by atoms with Gasteiger partial charge in [0, 0.05) is 17.4 Å². The molecule has 3 aromatic rings. The summed E-state index contributed by atoms with van der Waals surface area (Å²) in [6.07, 6.45) is 1.65. The van der Waals surface area contributed by atoms with Gasteiger partial charge in [-0.25, -0.2) is 4.98 Å². The van der Waals surface area contributed by atoms with Gasteiger partial charge in [0.25, 0.3) is 9.70 Å². The molecule has 0 aliphatic carbocycles. The molecular formula is C15H10Cl3N3O2. The van der Waals surface area contributed by atoms with Crippen LogP contribution < -0.4 is 5.32 Å². The SMILES string of the molecule is Cc1cc(-c2nc3ncccc3o2)ccc1NC(=O)C(Cl)(Cl)Cl. The number of hydrogen-bond acceptors (Lipinski definition) is 4. The monoisotopic (exact) mass is 369 g/mol. The van der Waals surface area contributed by atoms with E-state index in [2.05, 4.69) is 15.3 Å². The van der Waals surface area contributed by atoms with Crippen molar-refractivity contribution in [2.24, 2.45) is 0 Å². The van der Waals surface area contributed by atoms with Crippen molar-refractivity contribution in [3.05, 3.63) is 42.1 Å². The van der Waals surface area contributed by atoms with Crippen molar-refractivity contribution in [3.8, 4) is 11.5 Å². The third-order valence-electron chi connectivity index (χ3n) is 3.14. The molecule has 1 aromatic carbocycles. The topological polar surface area (TPSA) is 68.0 Å². The minimum Gasteiger partial charge on any atom is -0.434 e. The number of carbonyl (C=O) groups excluding carboxylic acids is 1. The minimum absolute atomic E-state index is 0.445. The Kier molecular flexibility index (Phi) is 4.19. The largest absolute Gasteiger partial charge is 0.434 e. The molecule has 1 N–H and O–H groups in total. The van der Waals surface area contributed by atoms with Gasteiger partial charge in [-0.15, -0.1) is 0 Å². The third kappa shape index (κ3) is 3.42. The van der Waals surface area contributed by atoms with Crippen molar-refractivity contribution in [1.82, 2.24) is 9.97 Å². The number of pyridine rings is 1. The molecule has 0 saturated carbocycles. The summed E-state index contributed by atoms with van der Waals surface area (Å²) in [5.74, 6) is -0.273. The van der Waals surface area contributed by atoms with Crippen LogP contribution in [0.1, 0.15) is 5.56 Å². The summed E-state index contributed by atoms with van der Waals surface area (Å²) >= 11 is 16.6. The lowest BCUT2D eigenvalue weighted by molar-refractivity contribution is -0.115. The summed E-state index contributed by atoms with van der Waals surface area (Å²) in [6.45, 7) is 1.82. The lowest BCUT2D eigenvalue weighted by Gasteiger charge is -2.13. The molecule has 2 heterocycles. The van der Waals surface area contributed by atoms with Crippen LogP contribution in [0.15, 0.2) is 40.9 Å². The Hall–Kier alpha value is -1.82. The van der Waals surface area contributed by atoms with E-state index in [1.54, 1.807) is 30.5 Å². The van der Waals surface area contributed by atoms with Crippen molar-refractivity contribution in [2.45, 2.75) is 10.7 Å². The second-order valence-corrected chi connectivity index (χ2v) is 7.11. The molecule has 5 nitrogen and oxygen atoms in total. The Morgan fingerprint density at radius 2 is 2.04 bits per heavy atom. The molecule has 3 rings (SSSR count). The van der Waals surface area contributed by atoms with Gasteiger partial charge in [-0.3, -0.25) is 4.79 Å². The van der Waals surface area contributed by atoms with Crippen LogP contribution in [0.2, 0.25) is 0 Å². The molecule has 0 radical (unpaired) electrons. The van der Waals surface area contributed by atoms with Gasteiger partial charge in [0.15, 0.2) is 11.2 Å². The van der Waals surface area contributed by atoms with Crippen LogP contribution in [-0.2, 0) is 4.79 Å². The van der Waals surface area contributed by atoms with E-state index in [4.69, 9.17) is 39.2 Å². The number of fused-ring (bicyclic) bond motifs is 1. The fourth-order valence-electron chi connectivity index (χ4n) is 2.02. The molecule has 0 spiro atoms. The summed E-state index contributed by atoms with van der Waals surface area (Å²) in [5, 5.41) is 2.56. The fourth-order valence-corrected chi connectivity index (χ4v) is 2.16. The van der Waals surface area contributed by atoms with Gasteiger partial charge in [0.05, 0.1) is 0 Å². The maximum atomic E-state index is 11.7. The van der Waals surface area contributed by atoms with Crippen molar-refractivity contribution < 1.29 is 9.21 Å². The average Bonchev–Trinajstić information content (AvgIpc) is 2.92. The molecule has 8 heteroatoms. The standard InChI is InChI=1S/C15H10Cl3N3O2/c1-8-7-9(4-5-10(8)20-14(22)15(16,17)18)13-21-12-11(23-13)3-2-6-19-12/h2-7H,1H3,(H,20,22). The highest BCUT2D eigenvalue weighted by Gasteiger charge is 2.30. The predicted octanol–water partition coefficient (Wildman–Crippen LogP) is 4.51. The van der Waals surface area contributed by atoms with E-state index >= 15 is 0 Å². The number of aryl methyl sites for hydroxylation is 1. The first-order chi connectivity index (χ1) is 10.8. The van der Waals surface area contributed by atoms with Crippen LogP contribution >= 0.6 is 34.8 Å². The molecule has 0 atom stereocenters. The fraction of sp³-hybridized carbons (Fsp3) is 0.133. The first-order valence-corrected chi connectivity index (χ1v) is 7.69. The average molecular weight is 371 g/mol. The zero-order chi connectivity index (χ0) is 16.6. The molecule has 0 bridgehead atoms. The molecule has 1 amide bonds. The van der Waals surface area contributed by atoms with E-state index < -0.39 is 9.70 Å². The predicted molar refractivity (Wildman–Crippen MR) is 90.9 cm³/mol. The molecule has 0 aliphatic heterocycles. The second-order valence-electron chi connectivity index (χ2n) is 4.83. The Morgan fingerprint density at radius 3 is 2.70 bits per heavy atom. The van der Waals surface area contributed by atoms with Crippen molar-refractivity contribution >= 4 is 57.6 Å². The summed E-state index contributed by atoms with van der Waals surface area (Å²) < 4.78 is 3.64. The van der Waals surface area contributed by atoms with Crippen LogP contribution in [0.3, 0.4) is 0 Å². The molecule has 0 unspecified atom stereocenters. The molecule has 23 heavy (non-hydrogen) atoms. The number of alkyl halides is 3. The van der Waals surface area contributed by atoms with Crippen molar-refractivity contribution in [2.75, 3.05) is 5.32 Å². The summed E-state index contributed by atoms with van der Waals surface area (Å²) in [4.78, 5) is 20.2. The number of anilines is 1. The number of benzene rings is 1. The van der Waals surface area contributed by atoms with Gasteiger partial charge in [0.2, 0.25) is 5.89 Å². The van der Waals surface area contributed by atoms with Gasteiger partial charge >= 0.3 is 0 Å². The van der Waals surface area contributed by atoms with Gasteiger partial charge in [-0.2, -0.15) is 4.98 Å². The Balaban J connectivity index is 1.91. The van der Waals surface area contributed by atoms with Gasteiger partial charge < -0.3 is 9.73 Å². The number of halogens is 3. The first-order valence-electron chi connectivity index (χ1n) is 6.55. The van der Waals surface area contributed by atoms with Crippen LogP contribution in [0, 0.1) is 6.92 Å². The van der Waals surface area contributed by atoms with E-state index in [1.165, 1.54) is 0 Å². The molecule has 0 saturated heterocycles. The van der Waals surface area contributed by atoms with Crippen LogP contribution in [0.4, 0.5) is 5.69 Å². The van der Waals surface area contributed by atoms with E-state index in [1.807, 2.05) is 13.0 Å². The number of aromatic nitrogens is 2. The maximum absolute atomic E-state index is 11.7. The minimum atomic E-state index is -2.02. The normalized spacial score (nSPS) is 11.7. The van der Waals surface area contributed by atoms with E-state index in [0.29, 0.717) is 22.8 Å². The van der Waals surface area contributed by atoms with Crippen molar-refractivity contribution in [1.29, 1.82) is 0 Å². The Morgan fingerprint density at radius 1 is 1.26 bits per heavy atom. The molecule has 0 fully saturated rings.